The van der Waals surface area contributed by atoms with E-state index in [2.05, 4.69) is 31.9 Å². The van der Waals surface area contributed by atoms with Crippen molar-refractivity contribution in [2.45, 2.75) is 56.0 Å². The number of halogens is 2. The lowest BCUT2D eigenvalue weighted by Crippen LogP contribution is -2.34. The lowest BCUT2D eigenvalue weighted by molar-refractivity contribution is -0.115. The van der Waals surface area contributed by atoms with Crippen LogP contribution < -0.4 is 10.2 Å². The molecule has 1 saturated heterocycles. The maximum absolute atomic E-state index is 12.7. The Morgan fingerprint density at radius 2 is 1.93 bits per heavy atom. The predicted octanol–water partition coefficient (Wildman–Crippen LogP) is 5.28. The summed E-state index contributed by atoms with van der Waals surface area (Å²) in [4.78, 5) is 15.1. The molecule has 29 heavy (non-hydrogen) atoms. The van der Waals surface area contributed by atoms with E-state index in [9.17, 15) is 4.79 Å². The molecule has 2 heterocycles. The molecular weight excluding hydrogens is 429 g/mol. The number of anilines is 2. The van der Waals surface area contributed by atoms with Crippen LogP contribution in [0.1, 0.15) is 45.6 Å². The van der Waals surface area contributed by atoms with Crippen LogP contribution in [-0.4, -0.2) is 39.0 Å². The van der Waals surface area contributed by atoms with Crippen LogP contribution in [0.25, 0.3) is 0 Å². The number of nitrogens with zero attached hydrogens (tertiary/aromatic N) is 4. The second-order valence-corrected chi connectivity index (χ2v) is 10.00. The van der Waals surface area contributed by atoms with Crippen LogP contribution in [-0.2, 0) is 4.79 Å². The maximum atomic E-state index is 12.7. The van der Waals surface area contributed by atoms with Gasteiger partial charge in [-0.3, -0.25) is 9.36 Å². The van der Waals surface area contributed by atoms with Crippen molar-refractivity contribution < 1.29 is 4.79 Å². The molecule has 0 bridgehead atoms. The van der Waals surface area contributed by atoms with Crippen molar-refractivity contribution in [3.8, 4) is 0 Å². The number of piperidine rings is 1. The Morgan fingerprint density at radius 1 is 1.21 bits per heavy atom. The first-order chi connectivity index (χ1) is 13.9. The van der Waals surface area contributed by atoms with Gasteiger partial charge in [0.15, 0.2) is 5.16 Å². The molecule has 1 amide bonds. The molecule has 1 unspecified atom stereocenters. The minimum Gasteiger partial charge on any atom is -0.341 e. The molecule has 0 radical (unpaired) electrons. The van der Waals surface area contributed by atoms with Crippen LogP contribution in [0.4, 0.5) is 11.6 Å². The summed E-state index contributed by atoms with van der Waals surface area (Å²) in [6.07, 6.45) is 4.64. The topological polar surface area (TPSA) is 63.1 Å². The van der Waals surface area contributed by atoms with Gasteiger partial charge in [0.05, 0.1) is 21.0 Å². The van der Waals surface area contributed by atoms with Crippen molar-refractivity contribution in [2.75, 3.05) is 23.3 Å². The summed E-state index contributed by atoms with van der Waals surface area (Å²) in [5, 5.41) is 13.0. The van der Waals surface area contributed by atoms with Gasteiger partial charge in [0.2, 0.25) is 11.9 Å². The summed E-state index contributed by atoms with van der Waals surface area (Å²) in [6.45, 7) is 6.20. The zero-order valence-corrected chi connectivity index (χ0v) is 18.9. The van der Waals surface area contributed by atoms with Crippen LogP contribution >= 0.6 is 35.0 Å². The first kappa shape index (κ1) is 20.8. The molecule has 0 spiro atoms. The number of benzene rings is 1. The summed E-state index contributed by atoms with van der Waals surface area (Å²) in [5.41, 5.74) is 0.517. The molecule has 1 atom stereocenters. The van der Waals surface area contributed by atoms with Crippen LogP contribution in [0.2, 0.25) is 10.0 Å². The van der Waals surface area contributed by atoms with E-state index >= 15 is 0 Å². The van der Waals surface area contributed by atoms with E-state index in [0.717, 1.165) is 43.0 Å². The fraction of sp³-hybridized carbons (Fsp3) is 0.550. The summed E-state index contributed by atoms with van der Waals surface area (Å²) in [5.74, 6) is 1.57. The Kier molecular flexibility index (Phi) is 6.27. The van der Waals surface area contributed by atoms with Crippen molar-refractivity contribution in [3.05, 3.63) is 28.2 Å². The molecule has 2 fully saturated rings. The molecule has 1 N–H and O–H groups in total. The Labute approximate surface area is 185 Å². The Bertz CT molecular complexity index is 893. The van der Waals surface area contributed by atoms with Crippen molar-refractivity contribution in [1.82, 2.24) is 14.8 Å². The molecule has 9 heteroatoms. The molecule has 6 nitrogen and oxygen atoms in total. The van der Waals surface area contributed by atoms with Gasteiger partial charge in [0.1, 0.15) is 0 Å². The highest BCUT2D eigenvalue weighted by atomic mass is 35.5. The van der Waals surface area contributed by atoms with E-state index in [0.29, 0.717) is 21.8 Å². The number of hydrogen-bond acceptors (Lipinski definition) is 5. The molecule has 1 aliphatic heterocycles. The zero-order chi connectivity index (χ0) is 20.5. The maximum Gasteiger partial charge on any atom is 0.237 e. The van der Waals surface area contributed by atoms with E-state index in [4.69, 9.17) is 23.2 Å². The van der Waals surface area contributed by atoms with E-state index in [-0.39, 0.29) is 11.2 Å². The quantitative estimate of drug-likeness (QED) is 0.602. The minimum absolute atomic E-state index is 0.141. The number of amides is 1. The van der Waals surface area contributed by atoms with Gasteiger partial charge in [-0.05, 0) is 50.7 Å². The highest BCUT2D eigenvalue weighted by Crippen LogP contribution is 2.42. The van der Waals surface area contributed by atoms with Gasteiger partial charge < -0.3 is 10.2 Å². The number of nitrogens with one attached hydrogen (secondary N) is 1. The average molecular weight is 454 g/mol. The monoisotopic (exact) mass is 453 g/mol. The number of carbonyl (C=O) groups excluding carboxylic acids is 1. The highest BCUT2D eigenvalue weighted by Gasteiger charge is 2.33. The third-order valence-corrected chi connectivity index (χ3v) is 7.36. The molecule has 2 aromatic rings. The molecule has 1 aliphatic carbocycles. The molecule has 4 rings (SSSR count). The number of rotatable bonds is 6. The Balaban J connectivity index is 1.47. The highest BCUT2D eigenvalue weighted by molar-refractivity contribution is 8.00. The van der Waals surface area contributed by atoms with E-state index in [1.54, 1.807) is 18.2 Å². The molecular formula is C20H25Cl2N5OS. The molecule has 1 aromatic heterocycles. The van der Waals surface area contributed by atoms with E-state index in [1.165, 1.54) is 24.6 Å². The average Bonchev–Trinajstić information content (AvgIpc) is 3.46. The summed E-state index contributed by atoms with van der Waals surface area (Å²) in [6, 6.07) is 5.64. The number of hydrogen-bond donors (Lipinski definition) is 1. The lowest BCUT2D eigenvalue weighted by Gasteiger charge is -2.31. The van der Waals surface area contributed by atoms with Crippen LogP contribution in [0, 0.1) is 5.92 Å². The second-order valence-electron chi connectivity index (χ2n) is 7.90. The number of carbonyl (C=O) groups is 1. The van der Waals surface area contributed by atoms with E-state index < -0.39 is 0 Å². The fourth-order valence-corrected chi connectivity index (χ4v) is 4.73. The van der Waals surface area contributed by atoms with Gasteiger partial charge in [-0.15, -0.1) is 10.2 Å². The first-order valence-corrected chi connectivity index (χ1v) is 11.7. The van der Waals surface area contributed by atoms with Crippen LogP contribution in [0.5, 0.6) is 0 Å². The largest absolute Gasteiger partial charge is 0.341 e. The van der Waals surface area contributed by atoms with Crippen molar-refractivity contribution in [2.24, 2.45) is 5.92 Å². The smallest absolute Gasteiger partial charge is 0.237 e. The normalized spacial score (nSPS) is 18.7. The number of aromatic nitrogens is 3. The van der Waals surface area contributed by atoms with Crippen LogP contribution in [0.3, 0.4) is 0 Å². The lowest BCUT2D eigenvalue weighted by atomic mass is 10.00. The predicted molar refractivity (Wildman–Crippen MR) is 119 cm³/mol. The second kappa shape index (κ2) is 8.74. The first-order valence-electron chi connectivity index (χ1n) is 10.1. The van der Waals surface area contributed by atoms with Crippen molar-refractivity contribution in [1.29, 1.82) is 0 Å². The van der Waals surface area contributed by atoms with Gasteiger partial charge in [-0.25, -0.2) is 0 Å². The van der Waals surface area contributed by atoms with Gasteiger partial charge in [-0.2, -0.15) is 0 Å². The summed E-state index contributed by atoms with van der Waals surface area (Å²) in [7, 11) is 0. The fourth-order valence-electron chi connectivity index (χ4n) is 3.47. The molecule has 1 saturated carbocycles. The number of thioether (sulfide) groups is 1. The zero-order valence-electron chi connectivity index (χ0n) is 16.6. The standard InChI is InChI=1S/C20H25Cl2N5OS/c1-12-8-10-26(11-9-12)19-24-25-20(27(19)14-6-7-14)29-13(2)18(28)23-16-5-3-4-15(21)17(16)22/h3-5,12-14H,6-11H2,1-2H3,(H,23,28). The SMILES string of the molecule is CC1CCN(c2nnc(SC(C)C(=O)Nc3cccc(Cl)c3Cl)n2C2CC2)CC1. The van der Waals surface area contributed by atoms with Gasteiger partial charge >= 0.3 is 0 Å². The van der Waals surface area contributed by atoms with Crippen molar-refractivity contribution >= 4 is 52.5 Å². The van der Waals surface area contributed by atoms with Gasteiger partial charge in [0, 0.05) is 19.1 Å². The van der Waals surface area contributed by atoms with Crippen LogP contribution in [0.15, 0.2) is 23.4 Å². The molecule has 156 valence electrons. The van der Waals surface area contributed by atoms with Gasteiger partial charge in [0.25, 0.3) is 0 Å². The molecule has 1 aromatic carbocycles. The van der Waals surface area contributed by atoms with E-state index in [1.807, 2.05) is 6.92 Å². The summed E-state index contributed by atoms with van der Waals surface area (Å²) < 4.78 is 2.23. The Morgan fingerprint density at radius 3 is 2.62 bits per heavy atom. The summed E-state index contributed by atoms with van der Waals surface area (Å²) >= 11 is 13.7. The third kappa shape index (κ3) is 4.67. The third-order valence-electron chi connectivity index (χ3n) is 5.49. The van der Waals surface area contributed by atoms with Gasteiger partial charge in [-0.1, -0.05) is 48.0 Å². The van der Waals surface area contributed by atoms with Crippen molar-refractivity contribution in [3.63, 3.8) is 0 Å². The Hall–Kier alpha value is -1.44. The minimum atomic E-state index is -0.346. The molecule has 2 aliphatic rings.